The minimum atomic E-state index is -1.09. The molecule has 0 fully saturated rings. The standard InChI is InChI=1S/C21H28N6O3/c1-14(2)7-9-23-20(30)21(3)13-27-17(19(29)26(21)4)10-16(25-27)18(28)24-12-15-6-5-8-22-11-15/h5-6,8,10-11,14H,7,9,12-13H2,1-4H3,(H,23,30)(H,24,28)/t21-/m1/s1. The summed E-state index contributed by atoms with van der Waals surface area (Å²) in [4.78, 5) is 43.7. The fourth-order valence-corrected chi connectivity index (χ4v) is 3.28. The maximum atomic E-state index is 12.9. The van der Waals surface area contributed by atoms with Gasteiger partial charge in [0.1, 0.15) is 11.2 Å². The molecule has 3 amide bonds. The van der Waals surface area contributed by atoms with Gasteiger partial charge in [-0.15, -0.1) is 0 Å². The van der Waals surface area contributed by atoms with Crippen LogP contribution in [0.3, 0.4) is 0 Å². The van der Waals surface area contributed by atoms with Crippen molar-refractivity contribution in [1.82, 2.24) is 30.3 Å². The summed E-state index contributed by atoms with van der Waals surface area (Å²) >= 11 is 0. The highest BCUT2D eigenvalue weighted by Gasteiger charge is 2.46. The quantitative estimate of drug-likeness (QED) is 0.711. The Morgan fingerprint density at radius 1 is 1.30 bits per heavy atom. The summed E-state index contributed by atoms with van der Waals surface area (Å²) in [7, 11) is 1.60. The highest BCUT2D eigenvalue weighted by Crippen LogP contribution is 2.26. The maximum Gasteiger partial charge on any atom is 0.272 e. The first kappa shape index (κ1) is 21.5. The van der Waals surface area contributed by atoms with Gasteiger partial charge in [0.25, 0.3) is 11.8 Å². The fourth-order valence-electron chi connectivity index (χ4n) is 3.28. The molecule has 0 spiro atoms. The molecule has 0 aliphatic carbocycles. The largest absolute Gasteiger partial charge is 0.354 e. The number of aromatic nitrogens is 3. The summed E-state index contributed by atoms with van der Waals surface area (Å²) in [6, 6.07) is 5.11. The van der Waals surface area contributed by atoms with E-state index in [1.807, 2.05) is 6.07 Å². The summed E-state index contributed by atoms with van der Waals surface area (Å²) in [5.41, 5.74) is 0.198. The molecule has 0 saturated carbocycles. The van der Waals surface area contributed by atoms with Gasteiger partial charge in [-0.1, -0.05) is 19.9 Å². The van der Waals surface area contributed by atoms with E-state index in [1.54, 1.807) is 32.4 Å². The molecule has 2 aromatic rings. The van der Waals surface area contributed by atoms with Crippen molar-refractivity contribution in [2.45, 2.75) is 45.8 Å². The molecule has 3 heterocycles. The molecule has 2 aromatic heterocycles. The number of carbonyl (C=O) groups is 3. The Morgan fingerprint density at radius 3 is 2.73 bits per heavy atom. The molecule has 30 heavy (non-hydrogen) atoms. The number of amides is 3. The van der Waals surface area contributed by atoms with Crippen LogP contribution in [0.2, 0.25) is 0 Å². The number of pyridine rings is 1. The molecular formula is C21H28N6O3. The Balaban J connectivity index is 1.73. The Bertz CT molecular complexity index is 939. The van der Waals surface area contributed by atoms with Crippen molar-refractivity contribution in [3.05, 3.63) is 47.5 Å². The maximum absolute atomic E-state index is 12.9. The van der Waals surface area contributed by atoms with Crippen LogP contribution < -0.4 is 10.6 Å². The van der Waals surface area contributed by atoms with Crippen molar-refractivity contribution in [3.8, 4) is 0 Å². The summed E-state index contributed by atoms with van der Waals surface area (Å²) in [6.45, 7) is 6.90. The molecule has 160 valence electrons. The predicted octanol–water partition coefficient (Wildman–Crippen LogP) is 1.21. The summed E-state index contributed by atoms with van der Waals surface area (Å²) in [6.07, 6.45) is 4.18. The molecule has 1 aliphatic heterocycles. The lowest BCUT2D eigenvalue weighted by molar-refractivity contribution is -0.132. The van der Waals surface area contributed by atoms with Crippen LogP contribution >= 0.6 is 0 Å². The molecule has 9 nitrogen and oxygen atoms in total. The zero-order valence-corrected chi connectivity index (χ0v) is 17.8. The molecular weight excluding hydrogens is 384 g/mol. The van der Waals surface area contributed by atoms with Crippen molar-refractivity contribution in [2.75, 3.05) is 13.6 Å². The van der Waals surface area contributed by atoms with Crippen molar-refractivity contribution in [3.63, 3.8) is 0 Å². The Hall–Kier alpha value is -3.23. The van der Waals surface area contributed by atoms with E-state index in [4.69, 9.17) is 0 Å². The number of nitrogens with one attached hydrogen (secondary N) is 2. The second kappa shape index (κ2) is 8.64. The normalized spacial score (nSPS) is 18.3. The van der Waals surface area contributed by atoms with Gasteiger partial charge in [0.2, 0.25) is 5.91 Å². The average Bonchev–Trinajstić information content (AvgIpc) is 3.14. The van der Waals surface area contributed by atoms with Crippen LogP contribution in [0.1, 0.15) is 53.7 Å². The highest BCUT2D eigenvalue weighted by atomic mass is 16.2. The zero-order chi connectivity index (χ0) is 21.9. The topological polar surface area (TPSA) is 109 Å². The lowest BCUT2D eigenvalue weighted by atomic mass is 9.95. The van der Waals surface area contributed by atoms with Crippen LogP contribution in [0.15, 0.2) is 30.6 Å². The first-order chi connectivity index (χ1) is 14.2. The van der Waals surface area contributed by atoms with E-state index in [1.165, 1.54) is 15.6 Å². The van der Waals surface area contributed by atoms with Gasteiger partial charge in [-0.25, -0.2) is 0 Å². The first-order valence-corrected chi connectivity index (χ1v) is 10.0. The summed E-state index contributed by atoms with van der Waals surface area (Å²) in [5, 5.41) is 9.98. The van der Waals surface area contributed by atoms with Crippen molar-refractivity contribution >= 4 is 17.7 Å². The van der Waals surface area contributed by atoms with E-state index in [9.17, 15) is 14.4 Å². The lowest BCUT2D eigenvalue weighted by Gasteiger charge is -2.40. The molecule has 0 bridgehead atoms. The van der Waals surface area contributed by atoms with E-state index < -0.39 is 5.54 Å². The Morgan fingerprint density at radius 2 is 2.07 bits per heavy atom. The number of rotatable bonds is 7. The molecule has 1 aliphatic rings. The van der Waals surface area contributed by atoms with Crippen molar-refractivity contribution < 1.29 is 14.4 Å². The van der Waals surface area contributed by atoms with Gasteiger partial charge in [-0.2, -0.15) is 5.10 Å². The van der Waals surface area contributed by atoms with E-state index >= 15 is 0 Å². The van der Waals surface area contributed by atoms with Crippen molar-refractivity contribution in [2.24, 2.45) is 5.92 Å². The minimum Gasteiger partial charge on any atom is -0.354 e. The van der Waals surface area contributed by atoms with Gasteiger partial charge in [0, 0.05) is 38.6 Å². The summed E-state index contributed by atoms with van der Waals surface area (Å²) < 4.78 is 1.45. The second-order valence-corrected chi connectivity index (χ2v) is 8.19. The SMILES string of the molecule is CC(C)CCNC(=O)[C@@]1(C)Cn2nc(C(=O)NCc3cccnc3)cc2C(=O)N1C. The fraction of sp³-hybridized carbons (Fsp3) is 0.476. The third-order valence-electron chi connectivity index (χ3n) is 5.41. The Labute approximate surface area is 175 Å². The van der Waals surface area contributed by atoms with Gasteiger partial charge in [0.05, 0.1) is 6.54 Å². The smallest absolute Gasteiger partial charge is 0.272 e. The molecule has 2 N–H and O–H groups in total. The lowest BCUT2D eigenvalue weighted by Crippen LogP contribution is -2.62. The molecule has 0 aromatic carbocycles. The highest BCUT2D eigenvalue weighted by molar-refractivity contribution is 6.01. The molecule has 1 atom stereocenters. The van der Waals surface area contributed by atoms with Gasteiger partial charge >= 0.3 is 0 Å². The monoisotopic (exact) mass is 412 g/mol. The van der Waals surface area contributed by atoms with Gasteiger partial charge < -0.3 is 15.5 Å². The van der Waals surface area contributed by atoms with Gasteiger partial charge in [-0.3, -0.25) is 24.0 Å². The molecule has 0 radical (unpaired) electrons. The van der Waals surface area contributed by atoms with E-state index in [2.05, 4.69) is 34.6 Å². The molecule has 0 unspecified atom stereocenters. The van der Waals surface area contributed by atoms with E-state index in [0.717, 1.165) is 12.0 Å². The molecule has 3 rings (SSSR count). The number of hydrogen-bond acceptors (Lipinski definition) is 5. The Kier molecular flexibility index (Phi) is 6.19. The van der Waals surface area contributed by atoms with Crippen LogP contribution in [0.4, 0.5) is 0 Å². The van der Waals surface area contributed by atoms with Crippen LogP contribution in [0.5, 0.6) is 0 Å². The van der Waals surface area contributed by atoms with Crippen LogP contribution in [0.25, 0.3) is 0 Å². The number of fused-ring (bicyclic) bond motifs is 1. The number of hydrogen-bond donors (Lipinski definition) is 2. The molecule has 0 saturated heterocycles. The second-order valence-electron chi connectivity index (χ2n) is 8.19. The van der Waals surface area contributed by atoms with E-state index in [0.29, 0.717) is 19.0 Å². The number of carbonyl (C=O) groups excluding carboxylic acids is 3. The number of nitrogens with zero attached hydrogens (tertiary/aromatic N) is 4. The predicted molar refractivity (Wildman–Crippen MR) is 111 cm³/mol. The molecule has 9 heteroatoms. The van der Waals surface area contributed by atoms with Crippen molar-refractivity contribution in [1.29, 1.82) is 0 Å². The van der Waals surface area contributed by atoms with E-state index in [-0.39, 0.29) is 35.7 Å². The van der Waals surface area contributed by atoms with Crippen LogP contribution in [-0.2, 0) is 17.9 Å². The average molecular weight is 412 g/mol. The van der Waals surface area contributed by atoms with Gasteiger partial charge in [0.15, 0.2) is 5.69 Å². The minimum absolute atomic E-state index is 0.139. The van der Waals surface area contributed by atoms with Crippen LogP contribution in [0, 0.1) is 5.92 Å². The summed E-state index contributed by atoms with van der Waals surface area (Å²) in [5.74, 6) is -0.502. The zero-order valence-electron chi connectivity index (χ0n) is 17.8. The first-order valence-electron chi connectivity index (χ1n) is 10.0. The number of likely N-dealkylation sites (N-methyl/N-ethyl adjacent to an activating group) is 1. The third kappa shape index (κ3) is 4.34. The van der Waals surface area contributed by atoms with Gasteiger partial charge in [-0.05, 0) is 30.9 Å². The van der Waals surface area contributed by atoms with Crippen LogP contribution in [-0.4, -0.2) is 56.5 Å². The third-order valence-corrected chi connectivity index (χ3v) is 5.41.